The zero-order chi connectivity index (χ0) is 13.7. The van der Waals surface area contributed by atoms with Crippen LogP contribution >= 0.6 is 0 Å². The van der Waals surface area contributed by atoms with Gasteiger partial charge in [-0.15, -0.1) is 0 Å². The minimum atomic E-state index is 0.256. The summed E-state index contributed by atoms with van der Waals surface area (Å²) in [7, 11) is 0. The Morgan fingerprint density at radius 1 is 1.21 bits per heavy atom. The predicted octanol–water partition coefficient (Wildman–Crippen LogP) is 2.99. The molecule has 0 unspecified atom stereocenters. The molecule has 1 aromatic heterocycles. The second-order valence-electron chi connectivity index (χ2n) is 4.11. The number of ether oxygens (including phenoxy) is 1. The van der Waals surface area contributed by atoms with E-state index in [2.05, 4.69) is 11.9 Å². The summed E-state index contributed by atoms with van der Waals surface area (Å²) in [6.07, 6.45) is 0.982. The number of nitrogen functional groups attached to an aromatic ring is 1. The van der Waals surface area contributed by atoms with Crippen molar-refractivity contribution in [2.75, 3.05) is 12.3 Å². The molecule has 0 aliphatic rings. The fourth-order valence-electron chi connectivity index (χ4n) is 1.67. The van der Waals surface area contributed by atoms with Crippen LogP contribution < -0.4 is 10.5 Å². The van der Waals surface area contributed by atoms with Crippen LogP contribution in [0.3, 0.4) is 0 Å². The summed E-state index contributed by atoms with van der Waals surface area (Å²) in [6, 6.07) is 13.1. The molecule has 4 heteroatoms. The molecule has 0 atom stereocenters. The lowest BCUT2D eigenvalue weighted by Gasteiger charge is -2.06. The molecule has 1 heterocycles. The Labute approximate surface area is 112 Å². The monoisotopic (exact) mass is 253 g/mol. The summed E-state index contributed by atoms with van der Waals surface area (Å²) < 4.78 is 5.52. The van der Waals surface area contributed by atoms with Crippen LogP contribution in [0, 0.1) is 11.3 Å². The molecular formula is C15H15N3O. The van der Waals surface area contributed by atoms with Gasteiger partial charge in [-0.3, -0.25) is 0 Å². The predicted molar refractivity (Wildman–Crippen MR) is 74.6 cm³/mol. The lowest BCUT2D eigenvalue weighted by Crippen LogP contribution is -1.97. The maximum atomic E-state index is 8.81. The summed E-state index contributed by atoms with van der Waals surface area (Å²) in [5, 5.41) is 8.81. The molecule has 96 valence electrons. The van der Waals surface area contributed by atoms with Crippen molar-refractivity contribution in [3.8, 4) is 23.1 Å². The quantitative estimate of drug-likeness (QED) is 0.909. The molecule has 0 aliphatic carbocycles. The Kier molecular flexibility index (Phi) is 3.99. The highest BCUT2D eigenvalue weighted by Gasteiger charge is 2.04. The fourth-order valence-corrected chi connectivity index (χ4v) is 1.67. The average molecular weight is 253 g/mol. The number of aromatic nitrogens is 1. The number of benzene rings is 1. The van der Waals surface area contributed by atoms with E-state index in [-0.39, 0.29) is 5.82 Å². The van der Waals surface area contributed by atoms with E-state index in [9.17, 15) is 0 Å². The minimum absolute atomic E-state index is 0.256. The van der Waals surface area contributed by atoms with E-state index in [4.69, 9.17) is 15.7 Å². The first-order chi connectivity index (χ1) is 9.24. The summed E-state index contributed by atoms with van der Waals surface area (Å²) >= 11 is 0. The van der Waals surface area contributed by atoms with Crippen molar-refractivity contribution < 1.29 is 4.74 Å². The molecule has 2 N–H and O–H groups in total. The van der Waals surface area contributed by atoms with Gasteiger partial charge in [-0.05, 0) is 42.8 Å². The van der Waals surface area contributed by atoms with Crippen LogP contribution in [0.4, 0.5) is 5.82 Å². The second kappa shape index (κ2) is 5.87. The van der Waals surface area contributed by atoms with Crippen molar-refractivity contribution in [2.45, 2.75) is 13.3 Å². The normalized spacial score (nSPS) is 9.89. The molecule has 0 saturated heterocycles. The Balaban J connectivity index is 2.22. The Morgan fingerprint density at radius 2 is 1.95 bits per heavy atom. The van der Waals surface area contributed by atoms with Crippen molar-refractivity contribution in [3.05, 3.63) is 42.0 Å². The van der Waals surface area contributed by atoms with Gasteiger partial charge >= 0.3 is 0 Å². The van der Waals surface area contributed by atoms with Crippen molar-refractivity contribution in [2.24, 2.45) is 0 Å². The van der Waals surface area contributed by atoms with Crippen LogP contribution in [-0.2, 0) is 0 Å². The topological polar surface area (TPSA) is 71.9 Å². The molecule has 2 rings (SSSR count). The van der Waals surface area contributed by atoms with Gasteiger partial charge in [-0.25, -0.2) is 4.98 Å². The van der Waals surface area contributed by atoms with Gasteiger partial charge in [-0.1, -0.05) is 6.92 Å². The number of hydrogen-bond acceptors (Lipinski definition) is 4. The third-order valence-electron chi connectivity index (χ3n) is 2.67. The molecule has 0 saturated carbocycles. The molecule has 19 heavy (non-hydrogen) atoms. The Morgan fingerprint density at radius 3 is 2.53 bits per heavy atom. The van der Waals surface area contributed by atoms with Crippen LogP contribution in [0.1, 0.15) is 18.9 Å². The Hall–Kier alpha value is -2.54. The van der Waals surface area contributed by atoms with Crippen molar-refractivity contribution >= 4 is 5.82 Å². The van der Waals surface area contributed by atoms with E-state index in [1.807, 2.05) is 30.3 Å². The third kappa shape index (κ3) is 3.02. The van der Waals surface area contributed by atoms with Gasteiger partial charge in [0.25, 0.3) is 0 Å². The summed E-state index contributed by atoms with van der Waals surface area (Å²) in [5.74, 6) is 1.10. The molecule has 4 nitrogen and oxygen atoms in total. The van der Waals surface area contributed by atoms with Crippen molar-refractivity contribution in [1.29, 1.82) is 5.26 Å². The van der Waals surface area contributed by atoms with Gasteiger partial charge in [0.05, 0.1) is 17.9 Å². The number of pyridine rings is 1. The number of anilines is 1. The standard InChI is InChI=1S/C15H15N3O/c1-2-9-19-13-6-3-11(4-7-13)14-8-5-12(10-16)15(17)18-14/h3-8H,2,9H2,1H3,(H2,17,18). The first-order valence-electron chi connectivity index (χ1n) is 6.14. The van der Waals surface area contributed by atoms with E-state index in [0.717, 1.165) is 23.4 Å². The molecule has 0 aliphatic heterocycles. The maximum absolute atomic E-state index is 8.81. The van der Waals surface area contributed by atoms with Crippen molar-refractivity contribution in [1.82, 2.24) is 4.98 Å². The first-order valence-corrected chi connectivity index (χ1v) is 6.14. The summed E-state index contributed by atoms with van der Waals surface area (Å²) in [5.41, 5.74) is 7.79. The molecule has 0 bridgehead atoms. The van der Waals surface area contributed by atoms with Gasteiger partial charge in [0.15, 0.2) is 0 Å². The SMILES string of the molecule is CCCOc1ccc(-c2ccc(C#N)c(N)n2)cc1. The number of nitriles is 1. The fraction of sp³-hybridized carbons (Fsp3) is 0.200. The highest BCUT2D eigenvalue weighted by molar-refractivity contribution is 5.64. The van der Waals surface area contributed by atoms with Crippen LogP contribution in [0.25, 0.3) is 11.3 Å². The molecule has 2 aromatic rings. The van der Waals surface area contributed by atoms with E-state index < -0.39 is 0 Å². The Bertz CT molecular complexity index is 600. The van der Waals surface area contributed by atoms with Crippen molar-refractivity contribution in [3.63, 3.8) is 0 Å². The van der Waals surface area contributed by atoms with E-state index >= 15 is 0 Å². The summed E-state index contributed by atoms with van der Waals surface area (Å²) in [4.78, 5) is 4.22. The molecular weight excluding hydrogens is 238 g/mol. The van der Waals surface area contributed by atoms with Gasteiger partial charge in [0.1, 0.15) is 17.6 Å². The number of nitrogens with zero attached hydrogens (tertiary/aromatic N) is 2. The molecule has 0 amide bonds. The van der Waals surface area contributed by atoms with Gasteiger partial charge in [0, 0.05) is 5.56 Å². The molecule has 1 aromatic carbocycles. The van der Waals surface area contributed by atoms with E-state index in [1.54, 1.807) is 12.1 Å². The number of nitrogens with two attached hydrogens (primary N) is 1. The number of hydrogen-bond donors (Lipinski definition) is 1. The summed E-state index contributed by atoms with van der Waals surface area (Å²) in [6.45, 7) is 2.78. The van der Waals surface area contributed by atoms with E-state index in [0.29, 0.717) is 12.2 Å². The maximum Gasteiger partial charge on any atom is 0.142 e. The largest absolute Gasteiger partial charge is 0.494 e. The molecule has 0 fully saturated rings. The lowest BCUT2D eigenvalue weighted by molar-refractivity contribution is 0.317. The zero-order valence-electron chi connectivity index (χ0n) is 10.8. The highest BCUT2D eigenvalue weighted by Crippen LogP contribution is 2.22. The van der Waals surface area contributed by atoms with Gasteiger partial charge in [0.2, 0.25) is 0 Å². The second-order valence-corrected chi connectivity index (χ2v) is 4.11. The van der Waals surface area contributed by atoms with Gasteiger partial charge in [-0.2, -0.15) is 5.26 Å². The zero-order valence-corrected chi connectivity index (χ0v) is 10.8. The van der Waals surface area contributed by atoms with Crippen LogP contribution in [-0.4, -0.2) is 11.6 Å². The van der Waals surface area contributed by atoms with Gasteiger partial charge < -0.3 is 10.5 Å². The van der Waals surface area contributed by atoms with Crippen LogP contribution in [0.5, 0.6) is 5.75 Å². The van der Waals surface area contributed by atoms with E-state index in [1.165, 1.54) is 0 Å². The third-order valence-corrected chi connectivity index (χ3v) is 2.67. The molecule has 0 spiro atoms. The van der Waals surface area contributed by atoms with Crippen LogP contribution in [0.15, 0.2) is 36.4 Å². The minimum Gasteiger partial charge on any atom is -0.494 e. The first kappa shape index (κ1) is 12.9. The highest BCUT2D eigenvalue weighted by atomic mass is 16.5. The lowest BCUT2D eigenvalue weighted by atomic mass is 10.1. The average Bonchev–Trinajstić information content (AvgIpc) is 2.45. The van der Waals surface area contributed by atoms with Crippen LogP contribution in [0.2, 0.25) is 0 Å². The number of rotatable bonds is 4. The molecule has 0 radical (unpaired) electrons. The smallest absolute Gasteiger partial charge is 0.142 e.